The summed E-state index contributed by atoms with van der Waals surface area (Å²) in [5.74, 6) is 0.999. The molecule has 0 aliphatic carbocycles. The van der Waals surface area contributed by atoms with Crippen molar-refractivity contribution in [1.29, 1.82) is 0 Å². The highest BCUT2D eigenvalue weighted by molar-refractivity contribution is 8.45. The molecule has 0 bridgehead atoms. The largest absolute Gasteiger partial charge is 0.285 e. The van der Waals surface area contributed by atoms with Gasteiger partial charge in [-0.2, -0.15) is 0 Å². The van der Waals surface area contributed by atoms with Gasteiger partial charge in [0.1, 0.15) is 10.9 Å². The molecule has 0 saturated heterocycles. The van der Waals surface area contributed by atoms with Crippen molar-refractivity contribution in [2.75, 3.05) is 12.3 Å². The van der Waals surface area contributed by atoms with Gasteiger partial charge < -0.3 is 0 Å². The van der Waals surface area contributed by atoms with E-state index in [2.05, 4.69) is 11.9 Å². The van der Waals surface area contributed by atoms with Gasteiger partial charge in [-0.1, -0.05) is 18.7 Å². The molecular formula is C5H7NOS2. The molecule has 1 heterocycles. The predicted molar refractivity (Wildman–Crippen MR) is 43.0 cm³/mol. The number of nitrogens with zero attached hydrogens (tertiary/aromatic N) is 1. The molecule has 1 rings (SSSR count). The van der Waals surface area contributed by atoms with Gasteiger partial charge in [0.2, 0.25) is 5.12 Å². The fraction of sp³-hybridized carbons (Fsp3) is 0.600. The van der Waals surface area contributed by atoms with Crippen LogP contribution in [0.25, 0.3) is 0 Å². The van der Waals surface area contributed by atoms with Crippen LogP contribution in [0.15, 0.2) is 4.99 Å². The first kappa shape index (κ1) is 7.15. The number of hydrogen-bond donors (Lipinski definition) is 0. The lowest BCUT2D eigenvalue weighted by atomic mass is 10.8. The summed E-state index contributed by atoms with van der Waals surface area (Å²) in [5, 5.41) is 0.172. The summed E-state index contributed by atoms with van der Waals surface area (Å²) in [4.78, 5) is 14.6. The lowest BCUT2D eigenvalue weighted by Gasteiger charge is -1.89. The van der Waals surface area contributed by atoms with Gasteiger partial charge in [-0.15, -0.1) is 0 Å². The zero-order valence-electron chi connectivity index (χ0n) is 5.09. The average molecular weight is 161 g/mol. The van der Waals surface area contributed by atoms with Crippen LogP contribution in [0.1, 0.15) is 6.92 Å². The molecule has 0 spiro atoms. The maximum Gasteiger partial charge on any atom is 0.217 e. The SMILES string of the molecule is CCSC1=NCC(=O)S1. The lowest BCUT2D eigenvalue weighted by Crippen LogP contribution is -1.86. The Morgan fingerprint density at radius 2 is 2.67 bits per heavy atom. The molecule has 2 nitrogen and oxygen atoms in total. The lowest BCUT2D eigenvalue weighted by molar-refractivity contribution is -0.109. The molecule has 0 saturated carbocycles. The summed E-state index contributed by atoms with van der Waals surface area (Å²) >= 11 is 2.90. The monoisotopic (exact) mass is 161 g/mol. The number of hydrogen-bond acceptors (Lipinski definition) is 4. The van der Waals surface area contributed by atoms with E-state index in [0.29, 0.717) is 6.54 Å². The van der Waals surface area contributed by atoms with Crippen LogP contribution in [0.4, 0.5) is 0 Å². The van der Waals surface area contributed by atoms with Crippen LogP contribution in [0.3, 0.4) is 0 Å². The van der Waals surface area contributed by atoms with Gasteiger partial charge in [-0.3, -0.25) is 9.79 Å². The Hall–Kier alpha value is 0.0400. The Bertz CT molecular complexity index is 155. The van der Waals surface area contributed by atoms with Crippen LogP contribution in [0.5, 0.6) is 0 Å². The van der Waals surface area contributed by atoms with Gasteiger partial charge in [0.05, 0.1) is 0 Å². The minimum Gasteiger partial charge on any atom is -0.285 e. The minimum atomic E-state index is 0.172. The Labute approximate surface area is 62.5 Å². The van der Waals surface area contributed by atoms with Crippen molar-refractivity contribution >= 4 is 33.0 Å². The fourth-order valence-electron chi connectivity index (χ4n) is 0.490. The van der Waals surface area contributed by atoms with Crippen LogP contribution in [0, 0.1) is 0 Å². The summed E-state index contributed by atoms with van der Waals surface area (Å²) < 4.78 is 0.933. The van der Waals surface area contributed by atoms with Crippen molar-refractivity contribution in [2.24, 2.45) is 4.99 Å². The number of carbonyl (C=O) groups is 1. The maximum absolute atomic E-state index is 10.6. The van der Waals surface area contributed by atoms with Crippen LogP contribution in [-0.2, 0) is 4.79 Å². The molecule has 0 atom stereocenters. The van der Waals surface area contributed by atoms with Crippen LogP contribution in [-0.4, -0.2) is 21.8 Å². The summed E-state index contributed by atoms with van der Waals surface area (Å²) in [6.45, 7) is 2.43. The number of rotatable bonds is 1. The van der Waals surface area contributed by atoms with E-state index < -0.39 is 0 Å². The first-order chi connectivity index (χ1) is 4.33. The zero-order valence-corrected chi connectivity index (χ0v) is 6.72. The molecule has 0 unspecified atom stereocenters. The third-order valence-electron chi connectivity index (χ3n) is 0.806. The Morgan fingerprint density at radius 3 is 3.11 bits per heavy atom. The van der Waals surface area contributed by atoms with Crippen molar-refractivity contribution in [2.45, 2.75) is 6.92 Å². The predicted octanol–water partition coefficient (Wildman–Crippen LogP) is 1.37. The molecule has 0 aromatic carbocycles. The third-order valence-corrected chi connectivity index (χ3v) is 2.73. The van der Waals surface area contributed by atoms with E-state index in [1.165, 1.54) is 11.8 Å². The molecule has 0 aromatic rings. The molecule has 4 heteroatoms. The van der Waals surface area contributed by atoms with Gasteiger partial charge in [0.25, 0.3) is 0 Å². The maximum atomic E-state index is 10.6. The smallest absolute Gasteiger partial charge is 0.217 e. The van der Waals surface area contributed by atoms with Crippen LogP contribution >= 0.6 is 23.5 Å². The normalized spacial score (nSPS) is 18.3. The standard InChI is InChI=1S/C5H7NOS2/c1-2-8-5-6-3-4(7)9-5/h2-3H2,1H3. The molecule has 0 N–H and O–H groups in total. The van der Waals surface area contributed by atoms with Crippen molar-refractivity contribution in [1.82, 2.24) is 0 Å². The van der Waals surface area contributed by atoms with Crippen molar-refractivity contribution < 1.29 is 4.79 Å². The quantitative estimate of drug-likeness (QED) is 0.581. The first-order valence-corrected chi connectivity index (χ1v) is 4.51. The van der Waals surface area contributed by atoms with E-state index in [-0.39, 0.29) is 5.12 Å². The van der Waals surface area contributed by atoms with Gasteiger partial charge in [-0.25, -0.2) is 0 Å². The van der Waals surface area contributed by atoms with Gasteiger partial charge >= 0.3 is 0 Å². The fourth-order valence-corrected chi connectivity index (χ4v) is 2.21. The van der Waals surface area contributed by atoms with E-state index in [1.54, 1.807) is 11.8 Å². The summed E-state index contributed by atoms with van der Waals surface area (Å²) in [6.07, 6.45) is 0. The van der Waals surface area contributed by atoms with Crippen molar-refractivity contribution in [3.63, 3.8) is 0 Å². The number of aliphatic imine (C=N–C) groups is 1. The molecule has 50 valence electrons. The molecule has 1 aliphatic rings. The Morgan fingerprint density at radius 1 is 1.89 bits per heavy atom. The van der Waals surface area contributed by atoms with E-state index >= 15 is 0 Å². The zero-order chi connectivity index (χ0) is 6.69. The first-order valence-electron chi connectivity index (χ1n) is 2.71. The van der Waals surface area contributed by atoms with Crippen molar-refractivity contribution in [3.8, 4) is 0 Å². The molecule has 0 amide bonds. The summed E-state index contributed by atoms with van der Waals surface area (Å²) in [7, 11) is 0. The van der Waals surface area contributed by atoms with Gasteiger partial charge in [0.15, 0.2) is 0 Å². The molecule has 0 radical (unpaired) electrons. The summed E-state index contributed by atoms with van der Waals surface area (Å²) in [6, 6.07) is 0. The molecule has 0 fully saturated rings. The van der Waals surface area contributed by atoms with Gasteiger partial charge in [-0.05, 0) is 17.5 Å². The van der Waals surface area contributed by atoms with Gasteiger partial charge in [0, 0.05) is 0 Å². The van der Waals surface area contributed by atoms with E-state index in [0.717, 1.165) is 10.1 Å². The number of carbonyl (C=O) groups excluding carboxylic acids is 1. The second kappa shape index (κ2) is 3.27. The molecular weight excluding hydrogens is 154 g/mol. The second-order valence-corrected chi connectivity index (χ2v) is 4.05. The topological polar surface area (TPSA) is 29.4 Å². The average Bonchev–Trinajstić information content (AvgIpc) is 2.17. The third kappa shape index (κ3) is 2.02. The highest BCUT2D eigenvalue weighted by Gasteiger charge is 2.14. The molecule has 9 heavy (non-hydrogen) atoms. The Balaban J connectivity index is 2.36. The van der Waals surface area contributed by atoms with Crippen LogP contribution in [0.2, 0.25) is 0 Å². The van der Waals surface area contributed by atoms with E-state index in [1.807, 2.05) is 0 Å². The highest BCUT2D eigenvalue weighted by Crippen LogP contribution is 2.22. The van der Waals surface area contributed by atoms with Crippen LogP contribution < -0.4 is 0 Å². The molecule has 0 aromatic heterocycles. The minimum absolute atomic E-state index is 0.172. The Kier molecular flexibility index (Phi) is 2.60. The highest BCUT2D eigenvalue weighted by atomic mass is 32.2. The molecule has 1 aliphatic heterocycles. The number of thioether (sulfide) groups is 2. The van der Waals surface area contributed by atoms with E-state index in [4.69, 9.17) is 0 Å². The second-order valence-electron chi connectivity index (χ2n) is 1.49. The van der Waals surface area contributed by atoms with E-state index in [9.17, 15) is 4.79 Å². The van der Waals surface area contributed by atoms with Crippen molar-refractivity contribution in [3.05, 3.63) is 0 Å². The summed E-state index contributed by atoms with van der Waals surface area (Å²) in [5.41, 5.74) is 0.